The van der Waals surface area contributed by atoms with Gasteiger partial charge in [-0.05, 0) is 55.7 Å². The molecule has 3 aliphatic carbocycles. The number of aliphatic hydroxyl groups is 2. The number of hydrogen-bond donors (Lipinski definition) is 2. The van der Waals surface area contributed by atoms with Crippen molar-refractivity contribution >= 4 is 17.7 Å². The minimum atomic E-state index is -0.855. The van der Waals surface area contributed by atoms with Crippen LogP contribution in [0.4, 0.5) is 0 Å². The Hall–Kier alpha value is -3.34. The van der Waals surface area contributed by atoms with E-state index in [2.05, 4.69) is 20.8 Å². The van der Waals surface area contributed by atoms with E-state index in [1.54, 1.807) is 36.4 Å². The Morgan fingerprint density at radius 2 is 1.73 bits per heavy atom. The maximum absolute atomic E-state index is 13.5. The monoisotopic (exact) mass is 612 g/mol. The molecule has 45 heavy (non-hydrogen) atoms. The summed E-state index contributed by atoms with van der Waals surface area (Å²) in [6.45, 7) is 8.14. The first-order valence-corrected chi connectivity index (χ1v) is 15.9. The normalized spacial score (nSPS) is 42.4. The second-order valence-corrected chi connectivity index (χ2v) is 14.4. The lowest BCUT2D eigenvalue weighted by Crippen LogP contribution is -2.69. The minimum absolute atomic E-state index is 0.100. The van der Waals surface area contributed by atoms with Gasteiger partial charge in [0.05, 0.1) is 18.3 Å². The smallest absolute Gasteiger partial charge is 0.343 e. The quantitative estimate of drug-likeness (QED) is 0.291. The van der Waals surface area contributed by atoms with E-state index in [0.29, 0.717) is 41.5 Å². The van der Waals surface area contributed by atoms with Gasteiger partial charge in [-0.25, -0.2) is 9.59 Å². The molecule has 9 nitrogen and oxygen atoms in total. The fourth-order valence-corrected chi connectivity index (χ4v) is 9.66. The first kappa shape index (κ1) is 27.9. The lowest BCUT2D eigenvalue weighted by Gasteiger charge is -2.53. The second kappa shape index (κ2) is 8.72. The van der Waals surface area contributed by atoms with Crippen LogP contribution in [0.15, 0.2) is 65.4 Å². The number of esters is 2. The Morgan fingerprint density at radius 1 is 1.02 bits per heavy atom. The molecular formula is C36H36O9. The molecule has 2 aromatic carbocycles. The van der Waals surface area contributed by atoms with Gasteiger partial charge >= 0.3 is 11.9 Å². The number of hydrogen-bond acceptors (Lipinski definition) is 9. The number of carbonyl (C=O) groups is 2. The van der Waals surface area contributed by atoms with Crippen molar-refractivity contribution in [1.82, 2.24) is 0 Å². The predicted molar refractivity (Wildman–Crippen MR) is 158 cm³/mol. The van der Waals surface area contributed by atoms with Gasteiger partial charge in [0, 0.05) is 22.1 Å². The van der Waals surface area contributed by atoms with Crippen molar-refractivity contribution < 1.29 is 43.5 Å². The fraction of sp³-hybridized carbons (Fsp3) is 0.500. The molecule has 5 fully saturated rings. The van der Waals surface area contributed by atoms with Gasteiger partial charge in [0.25, 0.3) is 0 Å². The van der Waals surface area contributed by atoms with Crippen molar-refractivity contribution in [3.63, 3.8) is 0 Å². The van der Waals surface area contributed by atoms with E-state index in [1.807, 2.05) is 19.1 Å². The standard InChI is InChI=1S/C36H36O9/c1-17(2)34-28(44-34)29-36(45-29)33(4)14-13-22-25(23(33)15-24-35(36,43-24)32(34)40)27(42-31(22)39)26(20-11-7-19(16-37)8-12-20)41-30(38)21-9-5-18(3)6-10-21/h5-12,17,23-24,28-29,32,37,40H,13-16H2,1-4H3/b27-26+/t23-,24-,28-,29-,32+,33-,34-,35+,36+/m0/s1. The largest absolute Gasteiger partial charge is 0.419 e. The Morgan fingerprint density at radius 3 is 2.42 bits per heavy atom. The Kier molecular flexibility index (Phi) is 5.41. The molecule has 9 atom stereocenters. The number of fused-ring (bicyclic) bond motifs is 4. The third-order valence-electron chi connectivity index (χ3n) is 12.1. The van der Waals surface area contributed by atoms with E-state index in [9.17, 15) is 19.8 Å². The van der Waals surface area contributed by atoms with Crippen molar-refractivity contribution in [2.24, 2.45) is 17.3 Å². The third kappa shape index (κ3) is 3.21. The van der Waals surface area contributed by atoms with Crippen molar-refractivity contribution in [2.45, 2.75) is 94.8 Å². The highest BCUT2D eigenvalue weighted by Gasteiger charge is 3.00. The first-order valence-electron chi connectivity index (χ1n) is 15.9. The molecule has 9 heteroatoms. The molecule has 4 heterocycles. The number of aryl methyl sites for hydroxylation is 1. The molecule has 0 bridgehead atoms. The summed E-state index contributed by atoms with van der Waals surface area (Å²) in [5, 5.41) is 21.6. The number of epoxide rings is 3. The molecule has 0 aromatic heterocycles. The van der Waals surface area contributed by atoms with Crippen LogP contribution >= 0.6 is 0 Å². The number of aliphatic hydroxyl groups excluding tert-OH is 2. The van der Waals surface area contributed by atoms with E-state index in [0.717, 1.165) is 11.1 Å². The first-order chi connectivity index (χ1) is 21.5. The Labute approximate surface area is 260 Å². The molecule has 2 spiro atoms. The minimum Gasteiger partial charge on any atom is -0.419 e. The highest BCUT2D eigenvalue weighted by atomic mass is 16.7. The Balaban J connectivity index is 1.16. The summed E-state index contributed by atoms with van der Waals surface area (Å²) in [5.41, 5.74) is 1.14. The van der Waals surface area contributed by atoms with Gasteiger partial charge in [-0.15, -0.1) is 0 Å². The van der Waals surface area contributed by atoms with Crippen molar-refractivity contribution in [3.05, 3.63) is 87.7 Å². The SMILES string of the molecule is Cc1ccc(C(=O)O/C(=C2/OC(=O)C3=C2[C@@H]2C[C@@H]4O[C@@]45[C@H](O)[C@@]4(C(C)C)O[C@H]4[C@@H]4O[C@@]45[C@@]2(C)CC3)c2ccc(CO)cc2)cc1. The lowest BCUT2D eigenvalue weighted by atomic mass is 9.46. The molecule has 9 rings (SSSR count). The van der Waals surface area contributed by atoms with E-state index in [1.165, 1.54) is 0 Å². The number of ether oxygens (including phenoxy) is 5. The van der Waals surface area contributed by atoms with Crippen LogP contribution in [-0.2, 0) is 35.1 Å². The summed E-state index contributed by atoms with van der Waals surface area (Å²) in [6, 6.07) is 14.1. The zero-order chi connectivity index (χ0) is 31.3. The summed E-state index contributed by atoms with van der Waals surface area (Å²) in [5.74, 6) is -0.735. The molecule has 0 radical (unpaired) electrons. The van der Waals surface area contributed by atoms with Crippen LogP contribution in [-0.4, -0.2) is 63.4 Å². The topological polar surface area (TPSA) is 131 Å². The summed E-state index contributed by atoms with van der Waals surface area (Å²) in [6.07, 6.45) is 0.168. The number of carbonyl (C=O) groups excluding carboxylic acids is 2. The van der Waals surface area contributed by atoms with E-state index in [4.69, 9.17) is 23.7 Å². The maximum Gasteiger partial charge on any atom is 0.343 e. The average molecular weight is 613 g/mol. The van der Waals surface area contributed by atoms with Gasteiger partial charge in [0.2, 0.25) is 0 Å². The van der Waals surface area contributed by atoms with Crippen LogP contribution in [0.3, 0.4) is 0 Å². The van der Waals surface area contributed by atoms with Gasteiger partial charge in [-0.3, -0.25) is 0 Å². The predicted octanol–water partition coefficient (Wildman–Crippen LogP) is 4.13. The summed E-state index contributed by atoms with van der Waals surface area (Å²) >= 11 is 0. The summed E-state index contributed by atoms with van der Waals surface area (Å²) in [4.78, 5) is 27.0. The zero-order valence-corrected chi connectivity index (χ0v) is 25.7. The highest BCUT2D eigenvalue weighted by molar-refractivity contribution is 5.99. The molecule has 2 saturated carbocycles. The fourth-order valence-electron chi connectivity index (χ4n) is 9.66. The molecule has 0 amide bonds. The van der Waals surface area contributed by atoms with Gasteiger partial charge < -0.3 is 33.9 Å². The van der Waals surface area contributed by atoms with Gasteiger partial charge in [0.1, 0.15) is 29.5 Å². The molecule has 234 valence electrons. The summed E-state index contributed by atoms with van der Waals surface area (Å²) in [7, 11) is 0. The molecule has 4 aliphatic heterocycles. The number of allylic oxidation sites excluding steroid dienone is 1. The third-order valence-corrected chi connectivity index (χ3v) is 12.1. The second-order valence-electron chi connectivity index (χ2n) is 14.4. The summed E-state index contributed by atoms with van der Waals surface area (Å²) < 4.78 is 31.7. The van der Waals surface area contributed by atoms with Crippen LogP contribution in [0.2, 0.25) is 0 Å². The average Bonchev–Trinajstić information content (AvgIpc) is 3.94. The molecule has 2 aromatic rings. The molecule has 0 unspecified atom stereocenters. The molecule has 3 saturated heterocycles. The number of rotatable bonds is 5. The number of cyclic esters (lactones) is 1. The van der Waals surface area contributed by atoms with Crippen molar-refractivity contribution in [2.75, 3.05) is 0 Å². The van der Waals surface area contributed by atoms with Gasteiger partial charge in [-0.1, -0.05) is 62.7 Å². The number of benzene rings is 2. The van der Waals surface area contributed by atoms with Crippen molar-refractivity contribution in [1.29, 1.82) is 0 Å². The molecule has 2 N–H and O–H groups in total. The van der Waals surface area contributed by atoms with Crippen LogP contribution in [0.25, 0.3) is 5.76 Å². The maximum atomic E-state index is 13.5. The zero-order valence-electron chi connectivity index (χ0n) is 25.7. The van der Waals surface area contributed by atoms with Crippen LogP contribution in [0.5, 0.6) is 0 Å². The highest BCUT2D eigenvalue weighted by Crippen LogP contribution is 2.83. The van der Waals surface area contributed by atoms with Crippen LogP contribution in [0.1, 0.15) is 67.1 Å². The van der Waals surface area contributed by atoms with E-state index in [-0.39, 0.29) is 48.3 Å². The molecule has 7 aliphatic rings. The van der Waals surface area contributed by atoms with Gasteiger partial charge in [-0.2, -0.15) is 0 Å². The van der Waals surface area contributed by atoms with E-state index < -0.39 is 40.3 Å². The van der Waals surface area contributed by atoms with Crippen LogP contribution in [0, 0.1) is 24.2 Å². The molecular weight excluding hydrogens is 576 g/mol. The van der Waals surface area contributed by atoms with E-state index >= 15 is 0 Å². The van der Waals surface area contributed by atoms with Crippen molar-refractivity contribution in [3.8, 4) is 0 Å². The Bertz CT molecular complexity index is 1740. The van der Waals surface area contributed by atoms with Crippen LogP contribution < -0.4 is 0 Å². The lowest BCUT2D eigenvalue weighted by molar-refractivity contribution is -0.133. The van der Waals surface area contributed by atoms with Gasteiger partial charge in [0.15, 0.2) is 17.1 Å².